The van der Waals surface area contributed by atoms with Crippen LogP contribution in [0.15, 0.2) is 0 Å². The molecular formula is C8H17NOS. The molecule has 3 heteroatoms. The quantitative estimate of drug-likeness (QED) is 0.659. The molecule has 1 aliphatic heterocycles. The van der Waals surface area contributed by atoms with Crippen LogP contribution < -0.4 is 4.72 Å². The predicted octanol–water partition coefficient (Wildman–Crippen LogP) is 1.67. The number of hydrogen-bond acceptors (Lipinski definition) is 3. The summed E-state index contributed by atoms with van der Waals surface area (Å²) in [5, 5.41) is 0. The van der Waals surface area contributed by atoms with E-state index in [1.165, 1.54) is 0 Å². The molecule has 1 N–H and O–H groups in total. The Balaban J connectivity index is 2.18. The Morgan fingerprint density at radius 1 is 1.64 bits per heavy atom. The standard InChI is InChI=1S/C8H17NOS/c1-3-11-9-8-4-5-10-6-7(8)2/h7-9H,3-6H2,1-2H3/t7-,8?/m0/s1. The third-order valence-corrected chi connectivity index (χ3v) is 2.78. The minimum atomic E-state index is 0.661. The highest BCUT2D eigenvalue weighted by Gasteiger charge is 2.20. The molecule has 1 rings (SSSR count). The first-order valence-electron chi connectivity index (χ1n) is 4.29. The predicted molar refractivity (Wildman–Crippen MR) is 49.7 cm³/mol. The van der Waals surface area contributed by atoms with Crippen molar-refractivity contribution < 1.29 is 4.74 Å². The fraction of sp³-hybridized carbons (Fsp3) is 1.00. The zero-order chi connectivity index (χ0) is 8.10. The van der Waals surface area contributed by atoms with Crippen molar-refractivity contribution in [3.05, 3.63) is 0 Å². The van der Waals surface area contributed by atoms with Crippen LogP contribution in [0.5, 0.6) is 0 Å². The van der Waals surface area contributed by atoms with E-state index in [4.69, 9.17) is 4.74 Å². The number of rotatable bonds is 3. The summed E-state index contributed by atoms with van der Waals surface area (Å²) < 4.78 is 8.80. The second kappa shape index (κ2) is 5.01. The molecule has 1 saturated heterocycles. The Morgan fingerprint density at radius 3 is 3.09 bits per heavy atom. The van der Waals surface area contributed by atoms with Gasteiger partial charge >= 0.3 is 0 Å². The van der Waals surface area contributed by atoms with E-state index in [1.807, 2.05) is 11.9 Å². The van der Waals surface area contributed by atoms with Crippen LogP contribution in [0.1, 0.15) is 20.3 Å². The minimum Gasteiger partial charge on any atom is -0.381 e. The zero-order valence-corrected chi connectivity index (χ0v) is 8.12. The molecule has 0 radical (unpaired) electrons. The highest BCUT2D eigenvalue weighted by molar-refractivity contribution is 7.97. The Labute approximate surface area is 73.2 Å². The minimum absolute atomic E-state index is 0.661. The van der Waals surface area contributed by atoms with Crippen molar-refractivity contribution in [2.75, 3.05) is 19.0 Å². The van der Waals surface area contributed by atoms with Gasteiger partial charge in [-0.25, -0.2) is 0 Å². The molecule has 1 heterocycles. The number of hydrogen-bond donors (Lipinski definition) is 1. The molecule has 0 saturated carbocycles. The lowest BCUT2D eigenvalue weighted by Gasteiger charge is -2.28. The van der Waals surface area contributed by atoms with Crippen molar-refractivity contribution in [2.24, 2.45) is 5.92 Å². The van der Waals surface area contributed by atoms with E-state index in [2.05, 4.69) is 18.6 Å². The molecule has 2 nitrogen and oxygen atoms in total. The molecule has 1 unspecified atom stereocenters. The van der Waals surface area contributed by atoms with E-state index in [1.54, 1.807) is 0 Å². The Bertz CT molecular complexity index is 110. The molecule has 0 aliphatic carbocycles. The maximum Gasteiger partial charge on any atom is 0.0506 e. The summed E-state index contributed by atoms with van der Waals surface area (Å²) in [5.74, 6) is 1.81. The second-order valence-electron chi connectivity index (χ2n) is 3.00. The lowest BCUT2D eigenvalue weighted by Crippen LogP contribution is -2.38. The molecule has 0 aromatic heterocycles. The Morgan fingerprint density at radius 2 is 2.45 bits per heavy atom. The van der Waals surface area contributed by atoms with E-state index in [0.29, 0.717) is 12.0 Å². The highest BCUT2D eigenvalue weighted by Crippen LogP contribution is 2.15. The molecular weight excluding hydrogens is 158 g/mol. The van der Waals surface area contributed by atoms with Gasteiger partial charge in [-0.1, -0.05) is 25.8 Å². The average molecular weight is 175 g/mol. The van der Waals surface area contributed by atoms with Crippen molar-refractivity contribution in [1.29, 1.82) is 0 Å². The molecule has 0 spiro atoms. The van der Waals surface area contributed by atoms with Gasteiger partial charge in [-0.2, -0.15) is 0 Å². The summed E-state index contributed by atoms with van der Waals surface area (Å²) >= 11 is 1.81. The van der Waals surface area contributed by atoms with E-state index in [9.17, 15) is 0 Å². The molecule has 66 valence electrons. The van der Waals surface area contributed by atoms with E-state index >= 15 is 0 Å². The molecule has 1 fully saturated rings. The van der Waals surface area contributed by atoms with Gasteiger partial charge in [0.2, 0.25) is 0 Å². The van der Waals surface area contributed by atoms with Gasteiger partial charge in [0.1, 0.15) is 0 Å². The summed E-state index contributed by atoms with van der Waals surface area (Å²) in [6, 6.07) is 0.661. The monoisotopic (exact) mass is 175 g/mol. The molecule has 2 atom stereocenters. The van der Waals surface area contributed by atoms with Crippen LogP contribution in [0.3, 0.4) is 0 Å². The van der Waals surface area contributed by atoms with Crippen molar-refractivity contribution in [3.8, 4) is 0 Å². The summed E-state index contributed by atoms with van der Waals surface area (Å²) in [6.45, 7) is 6.25. The Kier molecular flexibility index (Phi) is 4.26. The molecule has 0 bridgehead atoms. The molecule has 0 aromatic carbocycles. The Hall–Kier alpha value is 0.270. The molecule has 0 amide bonds. The van der Waals surface area contributed by atoms with Crippen LogP contribution >= 0.6 is 11.9 Å². The van der Waals surface area contributed by atoms with Gasteiger partial charge < -0.3 is 4.74 Å². The van der Waals surface area contributed by atoms with Crippen LogP contribution in [-0.2, 0) is 4.74 Å². The van der Waals surface area contributed by atoms with Gasteiger partial charge in [-0.3, -0.25) is 4.72 Å². The van der Waals surface area contributed by atoms with Crippen molar-refractivity contribution >= 4 is 11.9 Å². The largest absolute Gasteiger partial charge is 0.381 e. The number of nitrogens with one attached hydrogen (secondary N) is 1. The van der Waals surface area contributed by atoms with Gasteiger partial charge in [-0.05, 0) is 12.3 Å². The SMILES string of the molecule is CCSNC1CCOC[C@@H]1C. The maximum atomic E-state index is 5.34. The molecule has 11 heavy (non-hydrogen) atoms. The highest BCUT2D eigenvalue weighted by atomic mass is 32.2. The fourth-order valence-electron chi connectivity index (χ4n) is 1.25. The van der Waals surface area contributed by atoms with Crippen LogP contribution in [0.4, 0.5) is 0 Å². The summed E-state index contributed by atoms with van der Waals surface area (Å²) in [4.78, 5) is 0. The molecule has 0 aromatic rings. The summed E-state index contributed by atoms with van der Waals surface area (Å²) in [6.07, 6.45) is 1.16. The summed E-state index contributed by atoms with van der Waals surface area (Å²) in [5.41, 5.74) is 0. The van der Waals surface area contributed by atoms with Crippen molar-refractivity contribution in [1.82, 2.24) is 4.72 Å². The number of ether oxygens (including phenoxy) is 1. The second-order valence-corrected chi connectivity index (χ2v) is 4.10. The van der Waals surface area contributed by atoms with Gasteiger partial charge in [-0.15, -0.1) is 0 Å². The van der Waals surface area contributed by atoms with Crippen molar-refractivity contribution in [2.45, 2.75) is 26.3 Å². The van der Waals surface area contributed by atoms with Crippen LogP contribution in [0.2, 0.25) is 0 Å². The average Bonchev–Trinajstić information content (AvgIpc) is 2.03. The normalized spacial score (nSPS) is 32.2. The van der Waals surface area contributed by atoms with Gasteiger partial charge in [0.25, 0.3) is 0 Å². The zero-order valence-electron chi connectivity index (χ0n) is 7.30. The smallest absolute Gasteiger partial charge is 0.0506 e. The topological polar surface area (TPSA) is 21.3 Å². The van der Waals surface area contributed by atoms with Crippen LogP contribution in [0, 0.1) is 5.92 Å². The van der Waals surface area contributed by atoms with Crippen molar-refractivity contribution in [3.63, 3.8) is 0 Å². The lowest BCUT2D eigenvalue weighted by atomic mass is 9.99. The third-order valence-electron chi connectivity index (χ3n) is 2.02. The fourth-order valence-corrected chi connectivity index (χ4v) is 1.98. The van der Waals surface area contributed by atoms with E-state index in [-0.39, 0.29) is 0 Å². The molecule has 1 aliphatic rings. The van der Waals surface area contributed by atoms with Crippen LogP contribution in [-0.4, -0.2) is 25.0 Å². The van der Waals surface area contributed by atoms with Gasteiger partial charge in [0.05, 0.1) is 6.61 Å². The summed E-state index contributed by atoms with van der Waals surface area (Å²) in [7, 11) is 0. The first-order valence-corrected chi connectivity index (χ1v) is 5.28. The van der Waals surface area contributed by atoms with E-state index < -0.39 is 0 Å². The first kappa shape index (κ1) is 9.36. The maximum absolute atomic E-state index is 5.34. The van der Waals surface area contributed by atoms with E-state index in [0.717, 1.165) is 25.4 Å². The van der Waals surface area contributed by atoms with Gasteiger partial charge in [0, 0.05) is 18.4 Å². The lowest BCUT2D eigenvalue weighted by molar-refractivity contribution is 0.0457. The third kappa shape index (κ3) is 3.01. The van der Waals surface area contributed by atoms with Crippen LogP contribution in [0.25, 0.3) is 0 Å². The van der Waals surface area contributed by atoms with Gasteiger partial charge in [0.15, 0.2) is 0 Å². The first-order chi connectivity index (χ1) is 5.34.